The Bertz CT molecular complexity index is 5050. The second kappa shape index (κ2) is 42.3. The Morgan fingerprint density at radius 3 is 1.21 bits per heavy atom. The molecule has 5 aromatic carbocycles. The van der Waals surface area contributed by atoms with Crippen LogP contribution in [-0.2, 0) is 99.9 Å². The van der Waals surface area contributed by atoms with Gasteiger partial charge in [-0.1, -0.05) is 56.8 Å². The minimum Gasteiger partial charge on any atom is -0.494 e. The van der Waals surface area contributed by atoms with E-state index in [1.54, 1.807) is 61.1 Å². The number of sulfone groups is 2. The van der Waals surface area contributed by atoms with Gasteiger partial charge in [0.15, 0.2) is 59.5 Å². The maximum Gasteiger partial charge on any atom is 0.488 e. The minimum atomic E-state index is -3.29. The normalized spacial score (nSPS) is 10.5. The molecule has 6 aromatic heterocycles. The summed E-state index contributed by atoms with van der Waals surface area (Å²) in [6, 6.07) is 18.5. The number of nitrogens with two attached hydrogens (primary N) is 1. The number of fused-ring (bicyclic) bond motifs is 3. The van der Waals surface area contributed by atoms with Crippen LogP contribution in [0.25, 0.3) is 27.7 Å². The Balaban J connectivity index is 0.000000284. The van der Waals surface area contributed by atoms with E-state index in [0.717, 1.165) is 102 Å². The number of aromatic nitrogens is 9. The molecule has 0 spiro atoms. The third-order valence-electron chi connectivity index (χ3n) is 14.8. The fourth-order valence-electron chi connectivity index (χ4n) is 9.73. The average molecular weight is 1650 g/mol. The van der Waals surface area contributed by atoms with Crippen molar-refractivity contribution in [1.82, 2.24) is 43.1 Å². The van der Waals surface area contributed by atoms with E-state index in [1.165, 1.54) is 70.0 Å². The first-order chi connectivity index (χ1) is 49.9. The van der Waals surface area contributed by atoms with Crippen molar-refractivity contribution >= 4 is 111 Å². The number of carbonyl (C=O) groups excluding carboxylic acids is 6. The fraction of sp³-hybridized carbons (Fsp3) is 0.250. The van der Waals surface area contributed by atoms with Crippen LogP contribution in [0.5, 0.6) is 17.2 Å². The third-order valence-corrected chi connectivity index (χ3v) is 18.8. The number of ether oxygens (including phenoxy) is 3. The molecule has 11 rings (SSSR count). The summed E-state index contributed by atoms with van der Waals surface area (Å²) in [5, 5.41) is 18.4. The summed E-state index contributed by atoms with van der Waals surface area (Å²) in [5.74, 6) is -2.53. The third kappa shape index (κ3) is 24.1. The summed E-state index contributed by atoms with van der Waals surface area (Å²) in [4.78, 5) is 75.7. The van der Waals surface area contributed by atoms with Gasteiger partial charge in [-0.3, -0.25) is 13.2 Å². The highest BCUT2D eigenvalue weighted by atomic mass is 79.9. The molecule has 105 heavy (non-hydrogen) atoms. The molecule has 0 unspecified atom stereocenters. The van der Waals surface area contributed by atoms with Crippen molar-refractivity contribution in [3.05, 3.63) is 212 Å². The molecule has 37 heteroatoms. The van der Waals surface area contributed by atoms with E-state index in [0.29, 0.717) is 49.1 Å². The highest BCUT2D eigenvalue weighted by Crippen LogP contribution is 2.31. The molecule has 0 amide bonds. The highest BCUT2D eigenvalue weighted by molar-refractivity contribution is 9.11. The molecule has 0 aliphatic rings. The Morgan fingerprint density at radius 2 is 0.838 bits per heavy atom. The fourth-order valence-corrected chi connectivity index (χ4v) is 12.5. The summed E-state index contributed by atoms with van der Waals surface area (Å²) in [5.41, 5.74) is 14.0. The van der Waals surface area contributed by atoms with Crippen molar-refractivity contribution in [3.8, 4) is 28.4 Å². The van der Waals surface area contributed by atoms with Gasteiger partial charge in [0.1, 0.15) is 48.1 Å². The predicted octanol–water partition coefficient (Wildman–Crippen LogP) is 9.79. The molecule has 25 nitrogen and oxygen atoms in total. The molecule has 0 saturated carbocycles. The second-order valence-corrected chi connectivity index (χ2v) is 27.7. The lowest BCUT2D eigenvalue weighted by Crippen LogP contribution is -2.29. The first-order valence-corrected chi connectivity index (χ1v) is 37.1. The maximum absolute atomic E-state index is 14.3. The second-order valence-electron chi connectivity index (χ2n) is 21.2. The van der Waals surface area contributed by atoms with Gasteiger partial charge in [0.05, 0.1) is 73.7 Å². The lowest BCUT2D eigenvalue weighted by Gasteiger charge is -2.12. The monoisotopic (exact) mass is 1640 g/mol. The SMILES string of the molecule is CCc1ncn2c(CCc3cc(OC)c(F)cc3F)ncc(-c3ccc(S(C)(=O)=O)cc3)c12.CCc1ncn2c(CCc3cc(OC)c(F)cc3F)ncc(Br)c12.CCc1ncn2c(SC)ncc(Br)c12.COc1cc(CN)c(F)cc1F.CS(=O)(=O)c1ccc(B(O)O)cc1.O=C=O.O=C=O.O=C=O. The van der Waals surface area contributed by atoms with Crippen LogP contribution in [0.1, 0.15) is 66.2 Å². The topological polar surface area (TPSA) is 355 Å². The molecule has 0 saturated heterocycles. The molecule has 0 aliphatic heterocycles. The lowest BCUT2D eigenvalue weighted by molar-refractivity contribution is -0.193. The zero-order valence-electron chi connectivity index (χ0n) is 57.3. The molecular weight excluding hydrogens is 1580 g/mol. The Morgan fingerprint density at radius 1 is 0.495 bits per heavy atom. The van der Waals surface area contributed by atoms with E-state index in [1.807, 2.05) is 45.8 Å². The van der Waals surface area contributed by atoms with Gasteiger partial charge in [0.2, 0.25) is 0 Å². The molecule has 0 radical (unpaired) electrons. The summed E-state index contributed by atoms with van der Waals surface area (Å²) < 4.78 is 149. The van der Waals surface area contributed by atoms with Crippen molar-refractivity contribution in [2.24, 2.45) is 5.73 Å². The van der Waals surface area contributed by atoms with Crippen LogP contribution >= 0.6 is 43.6 Å². The standard InChI is InChI=1S/C24H23F2N3O3S.C17H16BrF2N3O.C9H10BrN3S.C8H9F2NO.C7H9BO4S.3CO2/c1-4-21-24-18(15-5-8-17(9-6-15)33(3,30)31)13-27-23(29(24)14-28-21)10-7-16-11-22(32-2)20(26)12-19(16)25;1-3-14-17-11(18)8-21-16(23(17)9-22-14)5-4-10-6-15(24-2)13(20)7-12(10)19;1-3-7-8-6(10)4-11-9(14-2)13(8)5-12-7;1-12-8-2-5(4-11)6(9)3-7(8)10;1-13(11,12)7-4-2-6(3-5-7)8(9)10;3*2-1-3/h5-6,8-9,11-14H,4,7,10H2,1-3H3;6-9H,3-5H2,1-2H3;4-5H,3H2,1-2H3;2-3H,4,11H2,1H3;2-5,9-10H,1H3;;;. The van der Waals surface area contributed by atoms with Crippen LogP contribution in [0, 0.1) is 34.9 Å². The quantitative estimate of drug-likeness (QED) is 0.0311. The molecule has 6 heterocycles. The molecule has 556 valence electrons. The number of hydrogen-bond acceptors (Lipinski definition) is 23. The summed E-state index contributed by atoms with van der Waals surface area (Å²) in [6.45, 7) is 6.17. The van der Waals surface area contributed by atoms with Gasteiger partial charge in [0.25, 0.3) is 0 Å². The van der Waals surface area contributed by atoms with Crippen LogP contribution in [-0.4, -0.2) is 136 Å². The lowest BCUT2D eigenvalue weighted by atomic mass is 9.81. The Kier molecular flexibility index (Phi) is 35.3. The molecule has 11 aromatic rings. The zero-order chi connectivity index (χ0) is 78.5. The number of halogens is 8. The van der Waals surface area contributed by atoms with E-state index in [4.69, 9.17) is 54.0 Å². The van der Waals surface area contributed by atoms with Crippen LogP contribution in [0.2, 0.25) is 0 Å². The number of benzene rings is 5. The van der Waals surface area contributed by atoms with Gasteiger partial charge in [-0.05, 0) is 135 Å². The smallest absolute Gasteiger partial charge is 0.488 e. The molecular formula is C68H67BBr2F6N10O15S3. The van der Waals surface area contributed by atoms with Crippen molar-refractivity contribution in [2.45, 2.75) is 87.2 Å². The van der Waals surface area contributed by atoms with Crippen molar-refractivity contribution in [2.75, 3.05) is 40.1 Å². The van der Waals surface area contributed by atoms with Crippen molar-refractivity contribution < 1.29 is 96.2 Å². The first kappa shape index (κ1) is 87.6. The van der Waals surface area contributed by atoms with Gasteiger partial charge < -0.3 is 30.0 Å². The highest BCUT2D eigenvalue weighted by Gasteiger charge is 2.20. The number of rotatable bonds is 18. The number of nitrogens with zero attached hydrogens (tertiary/aromatic N) is 9. The number of imidazole rings is 3. The van der Waals surface area contributed by atoms with Crippen LogP contribution < -0.4 is 25.4 Å². The van der Waals surface area contributed by atoms with Gasteiger partial charge >= 0.3 is 25.6 Å². The van der Waals surface area contributed by atoms with E-state index in [9.17, 15) is 43.2 Å². The summed E-state index contributed by atoms with van der Waals surface area (Å²) in [6.07, 6.45) is 19.6. The van der Waals surface area contributed by atoms with E-state index in [-0.39, 0.29) is 63.1 Å². The van der Waals surface area contributed by atoms with Gasteiger partial charge in [-0.25, -0.2) is 73.1 Å². The Labute approximate surface area is 619 Å². The zero-order valence-corrected chi connectivity index (χ0v) is 63.0. The molecule has 0 aliphatic carbocycles. The average Bonchev–Trinajstić information content (AvgIpc) is 1.68. The Hall–Kier alpha value is -9.77. The van der Waals surface area contributed by atoms with Crippen LogP contribution in [0.3, 0.4) is 0 Å². The van der Waals surface area contributed by atoms with Crippen LogP contribution in [0.15, 0.2) is 146 Å². The summed E-state index contributed by atoms with van der Waals surface area (Å²) >= 11 is 8.62. The number of hydrogen-bond donors (Lipinski definition) is 3. The van der Waals surface area contributed by atoms with Crippen LogP contribution in [0.4, 0.5) is 26.3 Å². The maximum atomic E-state index is 14.3. The van der Waals surface area contributed by atoms with E-state index >= 15 is 0 Å². The van der Waals surface area contributed by atoms with Gasteiger partial charge in [-0.15, -0.1) is 0 Å². The first-order valence-electron chi connectivity index (χ1n) is 30.5. The molecule has 0 fully saturated rings. The molecule has 0 atom stereocenters. The number of methoxy groups -OCH3 is 3. The number of aryl methyl sites for hydroxylation is 7. The van der Waals surface area contributed by atoms with E-state index < -0.39 is 61.7 Å². The van der Waals surface area contributed by atoms with E-state index in [2.05, 4.69) is 73.4 Å². The predicted molar refractivity (Wildman–Crippen MR) is 379 cm³/mol. The summed E-state index contributed by atoms with van der Waals surface area (Å²) in [7, 11) is -4.05. The van der Waals surface area contributed by atoms with Crippen molar-refractivity contribution in [1.29, 1.82) is 0 Å². The number of thioether (sulfide) groups is 1. The largest absolute Gasteiger partial charge is 0.494 e. The molecule has 0 bridgehead atoms. The van der Waals surface area contributed by atoms with Gasteiger partial charge in [0, 0.05) is 79.8 Å². The minimum absolute atomic E-state index is 0.00621. The van der Waals surface area contributed by atoms with Gasteiger partial charge in [-0.2, -0.15) is 28.8 Å². The molecule has 4 N–H and O–H groups in total. The van der Waals surface area contributed by atoms with Crippen molar-refractivity contribution in [3.63, 3.8) is 0 Å².